The van der Waals surface area contributed by atoms with E-state index in [1.54, 1.807) is 23.5 Å². The Kier molecular flexibility index (Phi) is 5.56. The monoisotopic (exact) mass is 444 g/mol. The molecule has 0 atom stereocenters. The minimum absolute atomic E-state index is 0.244. The number of benzene rings is 1. The summed E-state index contributed by atoms with van der Waals surface area (Å²) in [5, 5.41) is 5.46. The minimum Gasteiger partial charge on any atom is -0.467 e. The molecule has 0 radical (unpaired) electrons. The molecular formula is C25H20N2O4S. The average molecular weight is 445 g/mol. The van der Waals surface area contributed by atoms with Crippen molar-refractivity contribution in [2.24, 2.45) is 0 Å². The molecule has 1 N–H and O–H groups in total. The number of para-hydroxylation sites is 1. The van der Waals surface area contributed by atoms with Crippen LogP contribution < -0.4 is 5.32 Å². The summed E-state index contributed by atoms with van der Waals surface area (Å²) in [6.45, 7) is -0.114. The molecule has 6 nitrogen and oxygen atoms in total. The van der Waals surface area contributed by atoms with E-state index in [1.165, 1.54) is 6.26 Å². The van der Waals surface area contributed by atoms with E-state index in [-0.39, 0.29) is 19.1 Å². The van der Waals surface area contributed by atoms with Crippen molar-refractivity contribution in [3.63, 3.8) is 0 Å². The molecule has 32 heavy (non-hydrogen) atoms. The highest BCUT2D eigenvalue weighted by Gasteiger charge is 2.28. The first kappa shape index (κ1) is 20.2. The van der Waals surface area contributed by atoms with Crippen LogP contribution in [0.15, 0.2) is 64.6 Å². The number of furan rings is 1. The van der Waals surface area contributed by atoms with Gasteiger partial charge in [0.2, 0.25) is 0 Å². The van der Waals surface area contributed by atoms with Gasteiger partial charge in [0, 0.05) is 10.3 Å². The van der Waals surface area contributed by atoms with Crippen LogP contribution in [0.3, 0.4) is 0 Å². The molecule has 7 heteroatoms. The summed E-state index contributed by atoms with van der Waals surface area (Å²) >= 11 is 1.67. The molecular weight excluding hydrogens is 424 g/mol. The van der Waals surface area contributed by atoms with Crippen molar-refractivity contribution in [3.05, 3.63) is 87.6 Å². The van der Waals surface area contributed by atoms with Crippen LogP contribution in [0.4, 0.5) is 0 Å². The second-order valence-electron chi connectivity index (χ2n) is 7.45. The van der Waals surface area contributed by atoms with Crippen molar-refractivity contribution in [2.45, 2.75) is 19.4 Å². The Morgan fingerprint density at radius 2 is 2.03 bits per heavy atom. The normalized spacial score (nSPS) is 13.9. The molecule has 1 amide bonds. The van der Waals surface area contributed by atoms with Crippen LogP contribution in [-0.4, -0.2) is 23.5 Å². The second-order valence-corrected chi connectivity index (χ2v) is 8.43. The molecule has 5 rings (SSSR count). The number of thiophene rings is 1. The maximum Gasteiger partial charge on any atom is 0.339 e. The first-order chi connectivity index (χ1) is 15.7. The quantitative estimate of drug-likeness (QED) is 0.430. The highest BCUT2D eigenvalue weighted by Crippen LogP contribution is 2.38. The van der Waals surface area contributed by atoms with E-state index in [0.717, 1.165) is 39.0 Å². The number of hydrogen-bond donors (Lipinski definition) is 1. The number of carbonyl (C=O) groups is 2. The van der Waals surface area contributed by atoms with Crippen molar-refractivity contribution < 1.29 is 18.7 Å². The molecule has 0 unspecified atom stereocenters. The van der Waals surface area contributed by atoms with Crippen molar-refractivity contribution in [2.75, 3.05) is 6.61 Å². The van der Waals surface area contributed by atoms with Gasteiger partial charge in [-0.15, -0.1) is 11.3 Å². The number of ether oxygens (including phenoxy) is 1. The predicted molar refractivity (Wildman–Crippen MR) is 123 cm³/mol. The van der Waals surface area contributed by atoms with E-state index < -0.39 is 5.97 Å². The molecule has 0 saturated carbocycles. The standard InChI is InChI=1S/C25H20N2O4S/c28-22(26-14-17-5-3-11-30-17)15-31-25(29)23-19-7-1-2-8-21(19)27-24-16(9-10-20(23)24)13-18-6-4-12-32-18/h1-8,11-13H,9-10,14-15H2,(H,26,28)/b16-13+. The number of carbonyl (C=O) groups excluding carboxylic acids is 2. The van der Waals surface area contributed by atoms with Gasteiger partial charge in [-0.2, -0.15) is 0 Å². The highest BCUT2D eigenvalue weighted by molar-refractivity contribution is 7.10. The van der Waals surface area contributed by atoms with Gasteiger partial charge in [-0.25, -0.2) is 9.78 Å². The van der Waals surface area contributed by atoms with Crippen LogP contribution in [0.5, 0.6) is 0 Å². The molecule has 160 valence electrons. The smallest absolute Gasteiger partial charge is 0.339 e. The lowest BCUT2D eigenvalue weighted by Crippen LogP contribution is -2.28. The third-order valence-electron chi connectivity index (χ3n) is 5.38. The lowest BCUT2D eigenvalue weighted by atomic mass is 10.0. The summed E-state index contributed by atoms with van der Waals surface area (Å²) in [7, 11) is 0. The molecule has 0 saturated heterocycles. The van der Waals surface area contributed by atoms with E-state index in [4.69, 9.17) is 14.1 Å². The zero-order chi connectivity index (χ0) is 21.9. The van der Waals surface area contributed by atoms with Crippen LogP contribution >= 0.6 is 11.3 Å². The fourth-order valence-corrected chi connectivity index (χ4v) is 4.59. The SMILES string of the molecule is O=C(COC(=O)c1c2c(nc3ccccc13)/C(=C/c1cccs1)CC2)NCc1ccco1. The molecule has 0 fully saturated rings. The number of fused-ring (bicyclic) bond motifs is 2. The van der Waals surface area contributed by atoms with Gasteiger partial charge in [0.25, 0.3) is 5.91 Å². The Labute approximate surface area is 188 Å². The van der Waals surface area contributed by atoms with E-state index in [9.17, 15) is 9.59 Å². The first-order valence-electron chi connectivity index (χ1n) is 10.3. The maximum absolute atomic E-state index is 13.1. The number of nitrogens with zero attached hydrogens (tertiary/aromatic N) is 1. The lowest BCUT2D eigenvalue weighted by molar-refractivity contribution is -0.124. The fourth-order valence-electron chi connectivity index (χ4n) is 3.91. The van der Waals surface area contributed by atoms with Gasteiger partial charge in [0.1, 0.15) is 5.76 Å². The summed E-state index contributed by atoms with van der Waals surface area (Å²) < 4.78 is 10.6. The Bertz CT molecular complexity index is 1310. The average Bonchev–Trinajstić information content (AvgIpc) is 3.58. The van der Waals surface area contributed by atoms with Gasteiger partial charge in [-0.1, -0.05) is 24.3 Å². The zero-order valence-corrected chi connectivity index (χ0v) is 18.0. The maximum atomic E-state index is 13.1. The van der Waals surface area contributed by atoms with Crippen LogP contribution in [0.25, 0.3) is 22.6 Å². The number of hydrogen-bond acceptors (Lipinski definition) is 6. The number of allylic oxidation sites excluding steroid dienone is 1. The molecule has 0 bridgehead atoms. The van der Waals surface area contributed by atoms with Crippen molar-refractivity contribution in [1.29, 1.82) is 0 Å². The van der Waals surface area contributed by atoms with Crippen LogP contribution in [-0.2, 0) is 22.5 Å². The van der Waals surface area contributed by atoms with Gasteiger partial charge in [-0.05, 0) is 59.7 Å². The third kappa shape index (κ3) is 4.07. The van der Waals surface area contributed by atoms with Crippen LogP contribution in [0.1, 0.15) is 38.7 Å². The number of amides is 1. The number of esters is 1. The lowest BCUT2D eigenvalue weighted by Gasteiger charge is -2.12. The number of pyridine rings is 1. The number of aromatic nitrogens is 1. The number of rotatable bonds is 6. The molecule has 1 aromatic carbocycles. The van der Waals surface area contributed by atoms with Crippen molar-refractivity contribution >= 4 is 45.8 Å². The zero-order valence-electron chi connectivity index (χ0n) is 17.2. The van der Waals surface area contributed by atoms with Crippen molar-refractivity contribution in [1.82, 2.24) is 10.3 Å². The van der Waals surface area contributed by atoms with E-state index in [1.807, 2.05) is 35.7 Å². The first-order valence-corrected chi connectivity index (χ1v) is 11.2. The summed E-state index contributed by atoms with van der Waals surface area (Å²) in [4.78, 5) is 31.3. The Hall–Kier alpha value is -3.71. The van der Waals surface area contributed by atoms with Gasteiger partial charge in [0.15, 0.2) is 6.61 Å². The molecule has 3 aromatic heterocycles. The second kappa shape index (κ2) is 8.80. The number of nitrogens with one attached hydrogen (secondary N) is 1. The van der Waals surface area contributed by atoms with Gasteiger partial charge in [-0.3, -0.25) is 4.79 Å². The summed E-state index contributed by atoms with van der Waals surface area (Å²) in [5.41, 5.74) is 4.07. The molecule has 0 spiro atoms. The minimum atomic E-state index is -0.509. The van der Waals surface area contributed by atoms with Gasteiger partial charge in [0.05, 0.1) is 29.6 Å². The summed E-state index contributed by atoms with van der Waals surface area (Å²) in [6, 6.07) is 15.1. The van der Waals surface area contributed by atoms with Crippen LogP contribution in [0.2, 0.25) is 0 Å². The van der Waals surface area contributed by atoms with Gasteiger partial charge < -0.3 is 14.5 Å². The van der Waals surface area contributed by atoms with E-state index >= 15 is 0 Å². The summed E-state index contributed by atoms with van der Waals surface area (Å²) in [5.74, 6) is -0.263. The Morgan fingerprint density at radius 3 is 2.84 bits per heavy atom. The molecule has 1 aliphatic carbocycles. The van der Waals surface area contributed by atoms with E-state index in [0.29, 0.717) is 17.7 Å². The van der Waals surface area contributed by atoms with E-state index in [2.05, 4.69) is 17.5 Å². The fraction of sp³-hybridized carbons (Fsp3) is 0.160. The molecule has 1 aliphatic rings. The molecule has 4 aromatic rings. The molecule has 3 heterocycles. The topological polar surface area (TPSA) is 81.4 Å². The third-order valence-corrected chi connectivity index (χ3v) is 6.20. The predicted octanol–water partition coefficient (Wildman–Crippen LogP) is 4.85. The van der Waals surface area contributed by atoms with Crippen molar-refractivity contribution in [3.8, 4) is 0 Å². The summed E-state index contributed by atoms with van der Waals surface area (Å²) in [6.07, 6.45) is 5.19. The van der Waals surface area contributed by atoms with Crippen LogP contribution in [0, 0.1) is 0 Å². The Balaban J connectivity index is 1.40. The largest absolute Gasteiger partial charge is 0.467 e. The highest BCUT2D eigenvalue weighted by atomic mass is 32.1. The van der Waals surface area contributed by atoms with Gasteiger partial charge >= 0.3 is 5.97 Å². The Morgan fingerprint density at radius 1 is 1.12 bits per heavy atom. The molecule has 0 aliphatic heterocycles.